The van der Waals surface area contributed by atoms with Gasteiger partial charge in [0.15, 0.2) is 0 Å². The molecule has 160 valence electrons. The third-order valence-corrected chi connectivity index (χ3v) is 11.6. The number of rotatable bonds is 8. The monoisotopic (exact) mass is 435 g/mol. The molecule has 0 saturated heterocycles. The van der Waals surface area contributed by atoms with E-state index < -0.39 is 0 Å². The first kappa shape index (κ1) is 27.7. The third kappa shape index (κ3) is 6.85. The summed E-state index contributed by atoms with van der Waals surface area (Å²) >= 11 is 0. The summed E-state index contributed by atoms with van der Waals surface area (Å²) in [6.07, 6.45) is 0. The van der Waals surface area contributed by atoms with Crippen molar-refractivity contribution >= 4 is 37.8 Å². The predicted octanol–water partition coefficient (Wildman–Crippen LogP) is 5.49. The molecule has 0 amide bonds. The van der Waals surface area contributed by atoms with Crippen LogP contribution in [0.4, 0.5) is 11.4 Å². The van der Waals surface area contributed by atoms with Crippen LogP contribution in [0.15, 0.2) is 36.4 Å². The maximum Gasteiger partial charge on any atom is 1.00 e. The van der Waals surface area contributed by atoms with E-state index >= 15 is 0 Å². The van der Waals surface area contributed by atoms with E-state index in [-0.39, 0.29) is 34.7 Å². The molecule has 0 radical (unpaired) electrons. The van der Waals surface area contributed by atoms with Crippen LogP contribution in [0.2, 0.25) is 0 Å². The van der Waals surface area contributed by atoms with Crippen molar-refractivity contribution in [1.29, 1.82) is 0 Å². The molecule has 1 nitrogen and oxygen atoms in total. The third-order valence-electron chi connectivity index (χ3n) is 5.28. The molecule has 0 saturated carbocycles. The molecular weight excluding hydrogens is 395 g/mol. The first-order valence-corrected chi connectivity index (χ1v) is 14.0. The van der Waals surface area contributed by atoms with Gasteiger partial charge in [0, 0.05) is 0 Å². The smallest absolute Gasteiger partial charge is 0.657 e. The van der Waals surface area contributed by atoms with Gasteiger partial charge in [-0.05, 0) is 47.1 Å². The van der Waals surface area contributed by atoms with E-state index in [9.17, 15) is 0 Å². The van der Waals surface area contributed by atoms with Crippen LogP contribution >= 0.6 is 15.8 Å². The molecule has 2 rings (SSSR count). The number of hydrogen-bond acceptors (Lipinski definition) is 0. The van der Waals surface area contributed by atoms with Gasteiger partial charge in [-0.1, -0.05) is 119 Å². The number of benzene rings is 2. The van der Waals surface area contributed by atoms with E-state index in [4.69, 9.17) is 5.32 Å². The SMILES string of the molecule is Cc1ccc([N-]c2ccc(C)cc2P(C(C)C)C(C)C)c(P(C(C)C)C(C)C)c1.[Li+]. The van der Waals surface area contributed by atoms with Gasteiger partial charge in [-0.3, -0.25) is 0 Å². The zero-order valence-electron chi connectivity index (χ0n) is 21.1. The molecule has 0 bridgehead atoms. The Morgan fingerprint density at radius 2 is 0.867 bits per heavy atom. The van der Waals surface area contributed by atoms with Gasteiger partial charge in [-0.15, -0.1) is 11.4 Å². The van der Waals surface area contributed by atoms with Crippen LogP contribution in [0.3, 0.4) is 0 Å². The predicted molar refractivity (Wildman–Crippen MR) is 139 cm³/mol. The summed E-state index contributed by atoms with van der Waals surface area (Å²) in [5.74, 6) is 0. The maximum absolute atomic E-state index is 5.33. The minimum absolute atomic E-state index is 0. The van der Waals surface area contributed by atoms with Crippen LogP contribution in [0.5, 0.6) is 0 Å². The molecule has 0 N–H and O–H groups in total. The Hall–Kier alpha value is -0.303. The summed E-state index contributed by atoms with van der Waals surface area (Å²) < 4.78 is 0. The zero-order chi connectivity index (χ0) is 21.9. The van der Waals surface area contributed by atoms with Crippen LogP contribution in [0.25, 0.3) is 5.32 Å². The summed E-state index contributed by atoms with van der Waals surface area (Å²) in [6.45, 7) is 23.3. The molecule has 2 aromatic rings. The van der Waals surface area contributed by atoms with Gasteiger partial charge in [0.2, 0.25) is 0 Å². The summed E-state index contributed by atoms with van der Waals surface area (Å²) in [5, 5.41) is 8.26. The van der Waals surface area contributed by atoms with Crippen LogP contribution in [-0.4, -0.2) is 22.6 Å². The fourth-order valence-corrected chi connectivity index (χ4v) is 10.4. The van der Waals surface area contributed by atoms with Gasteiger partial charge in [0.25, 0.3) is 0 Å². The van der Waals surface area contributed by atoms with Crippen LogP contribution in [0.1, 0.15) is 66.5 Å². The van der Waals surface area contributed by atoms with Crippen molar-refractivity contribution in [2.24, 2.45) is 0 Å². The Bertz CT molecular complexity index is 731. The van der Waals surface area contributed by atoms with Crippen LogP contribution in [0, 0.1) is 13.8 Å². The van der Waals surface area contributed by atoms with Gasteiger partial charge in [-0.2, -0.15) is 0 Å². The van der Waals surface area contributed by atoms with E-state index in [0.29, 0.717) is 22.6 Å². The molecule has 0 aliphatic rings. The minimum Gasteiger partial charge on any atom is -0.657 e. The van der Waals surface area contributed by atoms with Crippen molar-refractivity contribution in [3.63, 3.8) is 0 Å². The second-order valence-corrected chi connectivity index (χ2v) is 16.0. The fourth-order valence-electron chi connectivity index (χ4n) is 4.30. The quantitative estimate of drug-likeness (QED) is 0.384. The van der Waals surface area contributed by atoms with Crippen LogP contribution in [-0.2, 0) is 0 Å². The molecule has 30 heavy (non-hydrogen) atoms. The number of nitrogens with zero attached hydrogens (tertiary/aromatic N) is 1. The Labute approximate surface area is 200 Å². The first-order valence-electron chi connectivity index (χ1n) is 11.0. The normalized spacial score (nSPS) is 11.9. The standard InChI is InChI=1S/C26H40NP2.Li/c1-17(2)28(18(3)4)25-15-21(9)11-13-23(25)27-24-14-12-22(10)16-26(24)29(19(5)6)20(7)8;/h11-20H,1-10H3;/q-1;+1. The minimum atomic E-state index is -0.251. The summed E-state index contributed by atoms with van der Waals surface area (Å²) in [6, 6.07) is 13.7. The fraction of sp³-hybridized carbons (Fsp3) is 0.538. The van der Waals surface area contributed by atoms with Crippen molar-refractivity contribution in [3.8, 4) is 0 Å². The van der Waals surface area contributed by atoms with Gasteiger partial charge < -0.3 is 5.32 Å². The van der Waals surface area contributed by atoms with Gasteiger partial charge in [0.05, 0.1) is 0 Å². The van der Waals surface area contributed by atoms with E-state index in [1.807, 2.05) is 0 Å². The Morgan fingerprint density at radius 3 is 1.13 bits per heavy atom. The molecule has 4 heteroatoms. The Balaban J connectivity index is 0.00000450. The number of aryl methyl sites for hydroxylation is 2. The molecule has 0 aliphatic carbocycles. The molecule has 0 fully saturated rings. The largest absolute Gasteiger partial charge is 1.00 e. The van der Waals surface area contributed by atoms with Crippen molar-refractivity contribution < 1.29 is 18.9 Å². The second-order valence-electron chi connectivity index (χ2n) is 9.29. The molecular formula is C26H40LiNP2. The van der Waals surface area contributed by atoms with Gasteiger partial charge in [-0.25, -0.2) is 0 Å². The van der Waals surface area contributed by atoms with Crippen molar-refractivity contribution in [2.75, 3.05) is 0 Å². The zero-order valence-corrected chi connectivity index (χ0v) is 22.9. The molecule has 2 aromatic carbocycles. The average Bonchev–Trinajstić information content (AvgIpc) is 2.58. The van der Waals surface area contributed by atoms with Crippen molar-refractivity contribution in [2.45, 2.75) is 91.9 Å². The molecule has 0 unspecified atom stereocenters. The Morgan fingerprint density at radius 1 is 0.567 bits per heavy atom. The molecule has 0 heterocycles. The average molecular weight is 436 g/mol. The van der Waals surface area contributed by atoms with Crippen molar-refractivity contribution in [1.82, 2.24) is 0 Å². The van der Waals surface area contributed by atoms with Crippen molar-refractivity contribution in [3.05, 3.63) is 52.8 Å². The van der Waals surface area contributed by atoms with E-state index in [1.54, 1.807) is 0 Å². The second kappa shape index (κ2) is 12.1. The molecule has 0 aliphatic heterocycles. The van der Waals surface area contributed by atoms with E-state index in [1.165, 1.54) is 33.1 Å². The van der Waals surface area contributed by atoms with Gasteiger partial charge in [0.1, 0.15) is 0 Å². The summed E-state index contributed by atoms with van der Waals surface area (Å²) in [5.41, 5.74) is 7.65. The maximum atomic E-state index is 5.33. The van der Waals surface area contributed by atoms with E-state index in [0.717, 1.165) is 0 Å². The summed E-state index contributed by atoms with van der Waals surface area (Å²) in [4.78, 5) is 0. The van der Waals surface area contributed by atoms with Crippen LogP contribution < -0.4 is 29.5 Å². The van der Waals surface area contributed by atoms with Gasteiger partial charge >= 0.3 is 18.9 Å². The molecule has 0 atom stereocenters. The first-order chi connectivity index (χ1) is 13.5. The topological polar surface area (TPSA) is 14.1 Å². The summed E-state index contributed by atoms with van der Waals surface area (Å²) in [7, 11) is -0.503. The molecule has 0 spiro atoms. The number of hydrogen-bond donors (Lipinski definition) is 0. The van der Waals surface area contributed by atoms with E-state index in [2.05, 4.69) is 106 Å². The Kier molecular flexibility index (Phi) is 11.2. The molecule has 0 aromatic heterocycles.